The van der Waals surface area contributed by atoms with Crippen molar-refractivity contribution < 1.29 is 14.3 Å². The minimum atomic E-state index is -0.576. The van der Waals surface area contributed by atoms with Crippen molar-refractivity contribution >= 4 is 11.8 Å². The van der Waals surface area contributed by atoms with Gasteiger partial charge in [0.1, 0.15) is 11.8 Å². The molecule has 0 saturated carbocycles. The number of allylic oxidation sites excluding steroid dienone is 1. The normalized spacial score (nSPS) is 15.0. The summed E-state index contributed by atoms with van der Waals surface area (Å²) in [6.07, 6.45) is 7.96. The molecule has 0 aliphatic heterocycles. The second-order valence-corrected chi connectivity index (χ2v) is 7.27. The fourth-order valence-electron chi connectivity index (χ4n) is 3.28. The second-order valence-electron chi connectivity index (χ2n) is 7.27. The molecule has 2 amide bonds. The first-order chi connectivity index (χ1) is 13.0. The second kappa shape index (κ2) is 10.8. The van der Waals surface area contributed by atoms with Crippen molar-refractivity contribution in [3.8, 4) is 5.75 Å². The van der Waals surface area contributed by atoms with Crippen LogP contribution < -0.4 is 15.4 Å². The maximum absolute atomic E-state index is 12.7. The number of carbonyl (C=O) groups is 2. The van der Waals surface area contributed by atoms with E-state index >= 15 is 0 Å². The van der Waals surface area contributed by atoms with Gasteiger partial charge in [-0.25, -0.2) is 0 Å². The van der Waals surface area contributed by atoms with Crippen molar-refractivity contribution in [2.45, 2.75) is 58.9 Å². The first kappa shape index (κ1) is 21.0. The van der Waals surface area contributed by atoms with Crippen molar-refractivity contribution in [2.75, 3.05) is 13.2 Å². The number of para-hydroxylation sites is 1. The van der Waals surface area contributed by atoms with Crippen LogP contribution in [0.3, 0.4) is 0 Å². The van der Waals surface area contributed by atoms with E-state index in [-0.39, 0.29) is 17.7 Å². The lowest BCUT2D eigenvalue weighted by atomic mass is 9.97. The van der Waals surface area contributed by atoms with E-state index in [1.165, 1.54) is 18.4 Å². The lowest BCUT2D eigenvalue weighted by molar-refractivity contribution is -0.123. The van der Waals surface area contributed by atoms with E-state index in [0.717, 1.165) is 19.3 Å². The number of rotatable bonds is 9. The Morgan fingerprint density at radius 1 is 1.19 bits per heavy atom. The van der Waals surface area contributed by atoms with Crippen LogP contribution >= 0.6 is 0 Å². The predicted molar refractivity (Wildman–Crippen MR) is 108 cm³/mol. The fraction of sp³-hybridized carbons (Fsp3) is 0.545. The Kier molecular flexibility index (Phi) is 8.37. The minimum absolute atomic E-state index is 0.0119. The van der Waals surface area contributed by atoms with Gasteiger partial charge in [-0.1, -0.05) is 37.6 Å². The van der Waals surface area contributed by atoms with Gasteiger partial charge in [0.05, 0.1) is 12.2 Å². The maximum Gasteiger partial charge on any atom is 0.255 e. The molecule has 1 aliphatic carbocycles. The average molecular weight is 373 g/mol. The molecule has 0 spiro atoms. The molecule has 0 bridgehead atoms. The third-order valence-corrected chi connectivity index (χ3v) is 4.80. The van der Waals surface area contributed by atoms with Gasteiger partial charge in [0.2, 0.25) is 5.91 Å². The van der Waals surface area contributed by atoms with Crippen LogP contribution in [0.1, 0.15) is 63.2 Å². The zero-order valence-corrected chi connectivity index (χ0v) is 16.7. The van der Waals surface area contributed by atoms with E-state index in [9.17, 15) is 9.59 Å². The molecule has 2 rings (SSSR count). The zero-order valence-electron chi connectivity index (χ0n) is 16.7. The SMILES string of the molecule is CCOc1ccccc1C(=O)NC(C(=O)NCCC1=CCCCC1)C(C)C. The first-order valence-corrected chi connectivity index (χ1v) is 10.0. The van der Waals surface area contributed by atoms with Gasteiger partial charge in [0.25, 0.3) is 5.91 Å². The van der Waals surface area contributed by atoms with Crippen LogP contribution in [-0.4, -0.2) is 31.0 Å². The number of amides is 2. The third kappa shape index (κ3) is 6.42. The molecule has 5 heteroatoms. The van der Waals surface area contributed by atoms with Crippen LogP contribution in [0.15, 0.2) is 35.9 Å². The molecule has 2 N–H and O–H groups in total. The fourth-order valence-corrected chi connectivity index (χ4v) is 3.28. The molecule has 0 fully saturated rings. The summed E-state index contributed by atoms with van der Waals surface area (Å²) < 4.78 is 5.53. The lowest BCUT2D eigenvalue weighted by Gasteiger charge is -2.22. The predicted octanol–water partition coefficient (Wildman–Crippen LogP) is 3.85. The van der Waals surface area contributed by atoms with E-state index in [0.29, 0.717) is 24.5 Å². The van der Waals surface area contributed by atoms with Crippen molar-refractivity contribution in [2.24, 2.45) is 5.92 Å². The highest BCUT2D eigenvalue weighted by molar-refractivity contribution is 5.99. The number of hydrogen-bond donors (Lipinski definition) is 2. The Hall–Kier alpha value is -2.30. The molecular weight excluding hydrogens is 340 g/mol. The summed E-state index contributed by atoms with van der Waals surface area (Å²) in [6.45, 7) is 6.83. The van der Waals surface area contributed by atoms with Gasteiger partial charge in [-0.2, -0.15) is 0 Å². The molecule has 0 aromatic heterocycles. The number of ether oxygens (including phenoxy) is 1. The summed E-state index contributed by atoms with van der Waals surface area (Å²) >= 11 is 0. The third-order valence-electron chi connectivity index (χ3n) is 4.80. The summed E-state index contributed by atoms with van der Waals surface area (Å²) in [5.41, 5.74) is 1.88. The van der Waals surface area contributed by atoms with Gasteiger partial charge in [-0.05, 0) is 57.1 Å². The van der Waals surface area contributed by atoms with Gasteiger partial charge in [-0.15, -0.1) is 0 Å². The summed E-state index contributed by atoms with van der Waals surface area (Å²) in [7, 11) is 0. The molecule has 1 aliphatic rings. The molecule has 0 radical (unpaired) electrons. The average Bonchev–Trinajstić information content (AvgIpc) is 2.67. The van der Waals surface area contributed by atoms with Crippen molar-refractivity contribution in [3.63, 3.8) is 0 Å². The summed E-state index contributed by atoms with van der Waals surface area (Å²) in [4.78, 5) is 25.3. The van der Waals surface area contributed by atoms with E-state index < -0.39 is 6.04 Å². The minimum Gasteiger partial charge on any atom is -0.493 e. The van der Waals surface area contributed by atoms with E-state index in [4.69, 9.17) is 4.74 Å². The molecule has 5 nitrogen and oxygen atoms in total. The number of nitrogens with one attached hydrogen (secondary N) is 2. The molecule has 1 aromatic carbocycles. The molecule has 0 saturated heterocycles. The van der Waals surface area contributed by atoms with Gasteiger partial charge < -0.3 is 15.4 Å². The van der Waals surface area contributed by atoms with E-state index in [1.54, 1.807) is 18.2 Å². The van der Waals surface area contributed by atoms with Crippen LogP contribution in [0.2, 0.25) is 0 Å². The largest absolute Gasteiger partial charge is 0.493 e. The number of carbonyl (C=O) groups excluding carboxylic acids is 2. The quantitative estimate of drug-likeness (QED) is 0.647. The highest BCUT2D eigenvalue weighted by atomic mass is 16.5. The van der Waals surface area contributed by atoms with Gasteiger partial charge >= 0.3 is 0 Å². The molecule has 1 aromatic rings. The maximum atomic E-state index is 12.7. The van der Waals surface area contributed by atoms with E-state index in [1.807, 2.05) is 26.8 Å². The molecule has 1 atom stereocenters. The monoisotopic (exact) mass is 372 g/mol. The van der Waals surface area contributed by atoms with Crippen LogP contribution in [0, 0.1) is 5.92 Å². The lowest BCUT2D eigenvalue weighted by Crippen LogP contribution is -2.50. The van der Waals surface area contributed by atoms with Crippen LogP contribution in [0.4, 0.5) is 0 Å². The van der Waals surface area contributed by atoms with Gasteiger partial charge in [0, 0.05) is 6.54 Å². The molecule has 0 heterocycles. The highest BCUT2D eigenvalue weighted by Crippen LogP contribution is 2.20. The summed E-state index contributed by atoms with van der Waals surface area (Å²) in [6, 6.07) is 6.52. The smallest absolute Gasteiger partial charge is 0.255 e. The Bertz CT molecular complexity index is 667. The zero-order chi connectivity index (χ0) is 19.6. The molecule has 1 unspecified atom stereocenters. The number of benzene rings is 1. The Morgan fingerprint density at radius 2 is 1.96 bits per heavy atom. The highest BCUT2D eigenvalue weighted by Gasteiger charge is 2.25. The van der Waals surface area contributed by atoms with Crippen LogP contribution in [-0.2, 0) is 4.79 Å². The van der Waals surface area contributed by atoms with Gasteiger partial charge in [-0.3, -0.25) is 9.59 Å². The summed E-state index contributed by atoms with van der Waals surface area (Å²) in [5.74, 6) is 0.0956. The molecule has 27 heavy (non-hydrogen) atoms. The Balaban J connectivity index is 1.94. The topological polar surface area (TPSA) is 67.4 Å². The van der Waals surface area contributed by atoms with Gasteiger partial charge in [0.15, 0.2) is 0 Å². The van der Waals surface area contributed by atoms with Crippen molar-refractivity contribution in [1.82, 2.24) is 10.6 Å². The van der Waals surface area contributed by atoms with E-state index in [2.05, 4.69) is 16.7 Å². The van der Waals surface area contributed by atoms with Crippen molar-refractivity contribution in [3.05, 3.63) is 41.5 Å². The Morgan fingerprint density at radius 3 is 2.63 bits per heavy atom. The summed E-state index contributed by atoms with van der Waals surface area (Å²) in [5, 5.41) is 5.86. The van der Waals surface area contributed by atoms with Crippen LogP contribution in [0.5, 0.6) is 5.75 Å². The molecule has 148 valence electrons. The first-order valence-electron chi connectivity index (χ1n) is 10.0. The standard InChI is InChI=1S/C22H32N2O3/c1-4-27-19-13-9-8-12-18(19)21(25)24-20(16(2)3)22(26)23-15-14-17-10-6-5-7-11-17/h8-10,12-13,16,20H,4-7,11,14-15H2,1-3H3,(H,23,26)(H,24,25). The van der Waals surface area contributed by atoms with Crippen LogP contribution in [0.25, 0.3) is 0 Å². The Labute approximate surface area is 162 Å². The number of hydrogen-bond acceptors (Lipinski definition) is 3. The molecular formula is C22H32N2O3. The van der Waals surface area contributed by atoms with Crippen molar-refractivity contribution in [1.29, 1.82) is 0 Å².